The van der Waals surface area contributed by atoms with Crippen molar-refractivity contribution in [3.63, 3.8) is 0 Å². The highest BCUT2D eigenvalue weighted by molar-refractivity contribution is 7.80. The van der Waals surface area contributed by atoms with Crippen molar-refractivity contribution >= 4 is 23.8 Å². The summed E-state index contributed by atoms with van der Waals surface area (Å²) in [5.41, 5.74) is 9.13. The number of aromatic nitrogens is 2. The highest BCUT2D eigenvalue weighted by Gasteiger charge is 2.49. The van der Waals surface area contributed by atoms with E-state index in [0.717, 1.165) is 33.9 Å². The van der Waals surface area contributed by atoms with Gasteiger partial charge >= 0.3 is 0 Å². The fourth-order valence-electron chi connectivity index (χ4n) is 7.15. The Morgan fingerprint density at radius 3 is 1.52 bits per heavy atom. The quantitative estimate of drug-likeness (QED) is 0.176. The van der Waals surface area contributed by atoms with Gasteiger partial charge in [-0.3, -0.25) is 9.97 Å². The second-order valence-corrected chi connectivity index (χ2v) is 15.6. The van der Waals surface area contributed by atoms with E-state index in [-0.39, 0.29) is 5.41 Å². The van der Waals surface area contributed by atoms with Crippen molar-refractivity contribution < 1.29 is 0 Å². The Morgan fingerprint density at radius 2 is 0.938 bits per heavy atom. The fourth-order valence-corrected chi connectivity index (χ4v) is 9.87. The summed E-state index contributed by atoms with van der Waals surface area (Å²) in [5.74, 6) is 0. The van der Waals surface area contributed by atoms with Crippen LogP contribution in [-0.4, -0.2) is 9.97 Å². The zero-order valence-electron chi connectivity index (χ0n) is 27.5. The van der Waals surface area contributed by atoms with Gasteiger partial charge in [0.25, 0.3) is 0 Å². The van der Waals surface area contributed by atoms with Crippen molar-refractivity contribution in [1.29, 1.82) is 0 Å². The zero-order valence-corrected chi connectivity index (χ0v) is 28.4. The van der Waals surface area contributed by atoms with E-state index in [2.05, 4.69) is 191 Å². The average molecular weight is 637 g/mol. The molecule has 0 spiro atoms. The molecule has 0 radical (unpaired) electrons. The highest BCUT2D eigenvalue weighted by atomic mass is 31.1. The average Bonchev–Trinajstić information content (AvgIpc) is 3.14. The molecular weight excluding hydrogens is 599 g/mol. The van der Waals surface area contributed by atoms with E-state index in [0.29, 0.717) is 0 Å². The van der Waals surface area contributed by atoms with E-state index in [4.69, 9.17) is 9.97 Å². The molecule has 0 saturated heterocycles. The van der Waals surface area contributed by atoms with Crippen LogP contribution in [0.15, 0.2) is 170 Å². The third-order valence-corrected chi connectivity index (χ3v) is 12.0. The van der Waals surface area contributed by atoms with Crippen LogP contribution in [0.25, 0.3) is 22.5 Å². The Bertz CT molecular complexity index is 2190. The lowest BCUT2D eigenvalue weighted by Crippen LogP contribution is -2.46. The standard InChI is InChI=1S/C45H37N2P/c1-44(2,3)34-20-14-19-33(31-34)39-26-16-30-43(47-39)45(42-29-15-25-38(46-42)32-17-6-4-7-18-32)36-23-10-12-27-40(36)48(35-21-8-5-9-22-35)41-28-13-11-24-37(41)45/h4-31H,1-3H3. The predicted molar refractivity (Wildman–Crippen MR) is 202 cm³/mol. The maximum Gasteiger partial charge on any atom is 0.106 e. The molecule has 48 heavy (non-hydrogen) atoms. The van der Waals surface area contributed by atoms with Gasteiger partial charge in [-0.1, -0.05) is 160 Å². The summed E-state index contributed by atoms with van der Waals surface area (Å²) in [5, 5.41) is 4.02. The molecule has 5 aromatic carbocycles. The normalized spacial score (nSPS) is 16.9. The first kappa shape index (κ1) is 30.2. The summed E-state index contributed by atoms with van der Waals surface area (Å²) in [6.45, 7) is 6.78. The zero-order chi connectivity index (χ0) is 32.7. The van der Waals surface area contributed by atoms with Crippen LogP contribution in [0.5, 0.6) is 0 Å². The molecule has 0 fully saturated rings. The number of nitrogens with zero attached hydrogens (tertiary/aromatic N) is 2. The van der Waals surface area contributed by atoms with Gasteiger partial charge in [0.2, 0.25) is 0 Å². The minimum absolute atomic E-state index is 0.0342. The Hall–Kier alpha value is -5.17. The molecule has 8 rings (SSSR count). The predicted octanol–water partition coefficient (Wildman–Crippen LogP) is 9.56. The molecule has 0 saturated carbocycles. The van der Waals surface area contributed by atoms with E-state index < -0.39 is 13.3 Å². The van der Waals surface area contributed by atoms with Crippen LogP contribution in [0.4, 0.5) is 0 Å². The van der Waals surface area contributed by atoms with Gasteiger partial charge < -0.3 is 0 Å². The van der Waals surface area contributed by atoms with Gasteiger partial charge in [0.05, 0.1) is 22.8 Å². The SMILES string of the molecule is CC(C)(C)c1cccc(-c2cccc(C3(c4cccc(-c5ccccc5)n4)c4ccccc4P(c4ccccc4)c4ccccc43)n2)c1. The van der Waals surface area contributed by atoms with Gasteiger partial charge in [-0.25, -0.2) is 0 Å². The first-order valence-corrected chi connectivity index (χ1v) is 17.9. The summed E-state index contributed by atoms with van der Waals surface area (Å²) < 4.78 is 0. The summed E-state index contributed by atoms with van der Waals surface area (Å²) in [4.78, 5) is 11.1. The number of benzene rings is 5. The maximum absolute atomic E-state index is 5.60. The van der Waals surface area contributed by atoms with Crippen molar-refractivity contribution in [2.45, 2.75) is 31.6 Å². The van der Waals surface area contributed by atoms with Gasteiger partial charge in [0.1, 0.15) is 5.41 Å². The molecule has 1 aliphatic heterocycles. The number of rotatable bonds is 5. The molecule has 0 aliphatic carbocycles. The van der Waals surface area contributed by atoms with Gasteiger partial charge in [0.15, 0.2) is 0 Å². The van der Waals surface area contributed by atoms with Gasteiger partial charge in [0, 0.05) is 11.1 Å². The van der Waals surface area contributed by atoms with Crippen LogP contribution in [-0.2, 0) is 10.8 Å². The molecule has 0 bridgehead atoms. The molecule has 7 aromatic rings. The Balaban J connectivity index is 1.45. The van der Waals surface area contributed by atoms with Gasteiger partial charge in [-0.15, -0.1) is 0 Å². The summed E-state index contributed by atoms with van der Waals surface area (Å²) in [6.07, 6.45) is 0. The molecule has 2 aromatic heterocycles. The van der Waals surface area contributed by atoms with E-state index >= 15 is 0 Å². The smallest absolute Gasteiger partial charge is 0.106 e. The molecule has 3 heteroatoms. The van der Waals surface area contributed by atoms with Crippen LogP contribution in [0.2, 0.25) is 0 Å². The molecule has 1 aliphatic rings. The number of hydrogen-bond acceptors (Lipinski definition) is 2. The molecule has 0 unspecified atom stereocenters. The minimum Gasteiger partial charge on any atom is -0.251 e. The van der Waals surface area contributed by atoms with Crippen molar-refractivity contribution in [3.05, 3.63) is 198 Å². The van der Waals surface area contributed by atoms with Crippen LogP contribution in [0, 0.1) is 0 Å². The van der Waals surface area contributed by atoms with E-state index in [1.807, 2.05) is 0 Å². The van der Waals surface area contributed by atoms with Crippen LogP contribution in [0.1, 0.15) is 48.8 Å². The molecule has 0 atom stereocenters. The van der Waals surface area contributed by atoms with E-state index in [9.17, 15) is 0 Å². The van der Waals surface area contributed by atoms with Crippen molar-refractivity contribution in [1.82, 2.24) is 9.97 Å². The first-order chi connectivity index (χ1) is 23.4. The molecule has 2 nitrogen and oxygen atoms in total. The van der Waals surface area contributed by atoms with Crippen LogP contribution >= 0.6 is 7.92 Å². The summed E-state index contributed by atoms with van der Waals surface area (Å²) in [6, 6.07) is 61.3. The largest absolute Gasteiger partial charge is 0.251 e. The molecule has 3 heterocycles. The van der Waals surface area contributed by atoms with Crippen LogP contribution < -0.4 is 15.9 Å². The molecule has 0 amide bonds. The third kappa shape index (κ3) is 5.09. The Kier molecular flexibility index (Phi) is 7.63. The van der Waals surface area contributed by atoms with Crippen molar-refractivity contribution in [2.24, 2.45) is 0 Å². The van der Waals surface area contributed by atoms with Gasteiger partial charge in [-0.2, -0.15) is 0 Å². The topological polar surface area (TPSA) is 25.8 Å². The Labute approximate surface area is 285 Å². The maximum atomic E-state index is 5.60. The third-order valence-electron chi connectivity index (χ3n) is 9.47. The lowest BCUT2D eigenvalue weighted by Gasteiger charge is -2.43. The minimum atomic E-state index is -0.814. The molecule has 0 N–H and O–H groups in total. The van der Waals surface area contributed by atoms with Crippen molar-refractivity contribution in [3.8, 4) is 22.5 Å². The second kappa shape index (κ2) is 12.1. The monoisotopic (exact) mass is 636 g/mol. The van der Waals surface area contributed by atoms with Crippen molar-refractivity contribution in [2.75, 3.05) is 0 Å². The number of pyridine rings is 2. The lowest BCUT2D eigenvalue weighted by molar-refractivity contribution is 0.590. The van der Waals surface area contributed by atoms with E-state index in [1.165, 1.54) is 32.6 Å². The first-order valence-electron chi connectivity index (χ1n) is 16.6. The summed E-state index contributed by atoms with van der Waals surface area (Å²) in [7, 11) is -0.814. The van der Waals surface area contributed by atoms with Gasteiger partial charge in [-0.05, 0) is 76.3 Å². The van der Waals surface area contributed by atoms with E-state index in [1.54, 1.807) is 0 Å². The molecular formula is C45H37N2P. The summed E-state index contributed by atoms with van der Waals surface area (Å²) >= 11 is 0. The highest BCUT2D eigenvalue weighted by Crippen LogP contribution is 2.52. The fraction of sp³-hybridized carbons (Fsp3) is 0.111. The molecule has 232 valence electrons. The number of hydrogen-bond donors (Lipinski definition) is 0. The second-order valence-electron chi connectivity index (χ2n) is 13.5. The van der Waals surface area contributed by atoms with Crippen LogP contribution in [0.3, 0.4) is 0 Å². The Morgan fingerprint density at radius 1 is 0.458 bits per heavy atom. The number of fused-ring (bicyclic) bond motifs is 2. The lowest BCUT2D eigenvalue weighted by atomic mass is 9.68.